The van der Waals surface area contributed by atoms with Gasteiger partial charge < -0.3 is 10.1 Å². The number of thioether (sulfide) groups is 1. The molecule has 2 aliphatic heterocycles. The monoisotopic (exact) mass is 299 g/mol. The van der Waals surface area contributed by atoms with Gasteiger partial charge in [-0.05, 0) is 55.7 Å². The summed E-state index contributed by atoms with van der Waals surface area (Å²) in [6, 6.07) is 0.643. The van der Waals surface area contributed by atoms with Crippen LogP contribution in [0.5, 0.6) is 0 Å². The molecule has 0 aliphatic carbocycles. The number of hydrogen-bond donors (Lipinski definition) is 1. The summed E-state index contributed by atoms with van der Waals surface area (Å²) in [5, 5.41) is 3.69. The maximum absolute atomic E-state index is 6.14. The van der Waals surface area contributed by atoms with Crippen molar-refractivity contribution in [1.29, 1.82) is 0 Å². The molecule has 0 radical (unpaired) electrons. The number of nitrogens with one attached hydrogen (secondary N) is 1. The van der Waals surface area contributed by atoms with Crippen LogP contribution in [0.15, 0.2) is 0 Å². The Morgan fingerprint density at radius 1 is 1.40 bits per heavy atom. The Bertz CT molecular complexity index is 294. The van der Waals surface area contributed by atoms with E-state index in [9.17, 15) is 0 Å². The van der Waals surface area contributed by atoms with Crippen LogP contribution in [-0.4, -0.2) is 36.3 Å². The molecule has 0 saturated carbocycles. The number of hydrogen-bond acceptors (Lipinski definition) is 3. The maximum atomic E-state index is 6.14. The third-order valence-electron chi connectivity index (χ3n) is 5.02. The van der Waals surface area contributed by atoms with Gasteiger partial charge in [-0.3, -0.25) is 0 Å². The molecule has 0 aromatic heterocycles. The Kier molecular flexibility index (Phi) is 5.84. The predicted octanol–water partition coefficient (Wildman–Crippen LogP) is 4.09. The highest BCUT2D eigenvalue weighted by Gasteiger charge is 2.40. The molecule has 2 heterocycles. The lowest BCUT2D eigenvalue weighted by atomic mass is 9.78. The smallest absolute Gasteiger partial charge is 0.0783 e. The van der Waals surface area contributed by atoms with Gasteiger partial charge in [0.05, 0.1) is 5.60 Å². The van der Waals surface area contributed by atoms with E-state index in [-0.39, 0.29) is 5.60 Å². The molecule has 0 aromatic carbocycles. The topological polar surface area (TPSA) is 21.3 Å². The highest BCUT2D eigenvalue weighted by molar-refractivity contribution is 7.99. The predicted molar refractivity (Wildman–Crippen MR) is 89.5 cm³/mol. The van der Waals surface area contributed by atoms with E-state index < -0.39 is 0 Å². The summed E-state index contributed by atoms with van der Waals surface area (Å²) >= 11 is 2.08. The maximum Gasteiger partial charge on any atom is 0.0783 e. The summed E-state index contributed by atoms with van der Waals surface area (Å²) in [6.45, 7) is 11.4. The van der Waals surface area contributed by atoms with E-state index in [1.807, 2.05) is 0 Å². The van der Waals surface area contributed by atoms with E-state index in [0.29, 0.717) is 11.5 Å². The summed E-state index contributed by atoms with van der Waals surface area (Å²) in [5.74, 6) is 3.42. The zero-order valence-electron chi connectivity index (χ0n) is 13.8. The van der Waals surface area contributed by atoms with Gasteiger partial charge in [-0.15, -0.1) is 0 Å². The lowest BCUT2D eigenvalue weighted by Crippen LogP contribution is -2.42. The van der Waals surface area contributed by atoms with Crippen molar-refractivity contribution in [3.05, 3.63) is 0 Å². The number of ether oxygens (including phenoxy) is 1. The quantitative estimate of drug-likeness (QED) is 0.826. The van der Waals surface area contributed by atoms with Crippen LogP contribution in [0.25, 0.3) is 0 Å². The summed E-state index contributed by atoms with van der Waals surface area (Å²) in [6.07, 6.45) is 6.54. The van der Waals surface area contributed by atoms with Crippen LogP contribution in [0.2, 0.25) is 0 Å². The first-order chi connectivity index (χ1) is 9.45. The molecule has 3 heteroatoms. The van der Waals surface area contributed by atoms with E-state index in [1.54, 1.807) is 0 Å². The van der Waals surface area contributed by atoms with Crippen molar-refractivity contribution >= 4 is 11.8 Å². The van der Waals surface area contributed by atoms with Crippen LogP contribution in [0.3, 0.4) is 0 Å². The fraction of sp³-hybridized carbons (Fsp3) is 1.00. The van der Waals surface area contributed by atoms with Gasteiger partial charge in [-0.25, -0.2) is 0 Å². The first kappa shape index (κ1) is 16.6. The Morgan fingerprint density at radius 2 is 2.20 bits per heavy atom. The largest absolute Gasteiger partial charge is 0.374 e. The van der Waals surface area contributed by atoms with E-state index in [4.69, 9.17) is 4.74 Å². The molecule has 20 heavy (non-hydrogen) atoms. The van der Waals surface area contributed by atoms with Crippen LogP contribution in [0.4, 0.5) is 0 Å². The summed E-state index contributed by atoms with van der Waals surface area (Å²) < 4.78 is 6.14. The minimum atomic E-state index is 0.253. The molecule has 0 amide bonds. The molecule has 2 saturated heterocycles. The fourth-order valence-corrected chi connectivity index (χ4v) is 5.11. The van der Waals surface area contributed by atoms with Gasteiger partial charge in [-0.2, -0.15) is 11.8 Å². The van der Waals surface area contributed by atoms with Crippen molar-refractivity contribution in [2.75, 3.05) is 24.7 Å². The summed E-state index contributed by atoms with van der Waals surface area (Å²) in [5.41, 5.74) is 0.616. The van der Waals surface area contributed by atoms with Gasteiger partial charge in [0, 0.05) is 18.4 Å². The standard InChI is InChI=1S/C17H33NOS/c1-5-18-15(16(2,3)4)7-6-14-8-10-19-17(12-14)9-11-20-13-17/h14-15,18H,5-13H2,1-4H3. The van der Waals surface area contributed by atoms with E-state index in [2.05, 4.69) is 44.8 Å². The van der Waals surface area contributed by atoms with Gasteiger partial charge in [0.1, 0.15) is 0 Å². The second-order valence-corrected chi connectivity index (χ2v) is 8.85. The third kappa shape index (κ3) is 4.38. The minimum Gasteiger partial charge on any atom is -0.374 e. The Balaban J connectivity index is 1.83. The lowest BCUT2D eigenvalue weighted by Gasteiger charge is -2.39. The average Bonchev–Trinajstić information content (AvgIpc) is 2.81. The first-order valence-electron chi connectivity index (χ1n) is 8.40. The molecule has 1 N–H and O–H groups in total. The molecule has 2 rings (SSSR count). The average molecular weight is 300 g/mol. The number of rotatable bonds is 5. The van der Waals surface area contributed by atoms with E-state index >= 15 is 0 Å². The van der Waals surface area contributed by atoms with Gasteiger partial charge in [0.2, 0.25) is 0 Å². The molecule has 3 atom stereocenters. The highest BCUT2D eigenvalue weighted by Crippen LogP contribution is 2.42. The molecule has 2 aliphatic rings. The Hall–Kier alpha value is 0.270. The van der Waals surface area contributed by atoms with Crippen LogP contribution < -0.4 is 5.32 Å². The molecular formula is C17H33NOS. The van der Waals surface area contributed by atoms with Crippen molar-refractivity contribution in [1.82, 2.24) is 5.32 Å². The molecule has 2 nitrogen and oxygen atoms in total. The Labute approximate surface area is 129 Å². The summed E-state index contributed by atoms with van der Waals surface area (Å²) in [4.78, 5) is 0. The third-order valence-corrected chi connectivity index (χ3v) is 6.24. The van der Waals surface area contributed by atoms with E-state index in [1.165, 1.54) is 43.6 Å². The van der Waals surface area contributed by atoms with Crippen LogP contribution in [-0.2, 0) is 4.74 Å². The van der Waals surface area contributed by atoms with Crippen molar-refractivity contribution in [2.45, 2.75) is 71.4 Å². The van der Waals surface area contributed by atoms with Gasteiger partial charge >= 0.3 is 0 Å². The SMILES string of the molecule is CCNC(CCC1CCOC2(CCSC2)C1)C(C)(C)C. The van der Waals surface area contributed by atoms with Crippen molar-refractivity contribution in [3.8, 4) is 0 Å². The van der Waals surface area contributed by atoms with Crippen molar-refractivity contribution in [3.63, 3.8) is 0 Å². The van der Waals surface area contributed by atoms with Gasteiger partial charge in [-0.1, -0.05) is 27.7 Å². The molecule has 3 unspecified atom stereocenters. The van der Waals surface area contributed by atoms with Crippen LogP contribution in [0.1, 0.15) is 59.8 Å². The minimum absolute atomic E-state index is 0.253. The van der Waals surface area contributed by atoms with Crippen molar-refractivity contribution < 1.29 is 4.74 Å². The molecule has 118 valence electrons. The van der Waals surface area contributed by atoms with Crippen molar-refractivity contribution in [2.24, 2.45) is 11.3 Å². The molecule has 1 spiro atoms. The van der Waals surface area contributed by atoms with Gasteiger partial charge in [0.15, 0.2) is 0 Å². The molecule has 2 fully saturated rings. The second kappa shape index (κ2) is 7.02. The second-order valence-electron chi connectivity index (χ2n) is 7.75. The highest BCUT2D eigenvalue weighted by atomic mass is 32.2. The Morgan fingerprint density at radius 3 is 2.80 bits per heavy atom. The van der Waals surface area contributed by atoms with Crippen LogP contribution >= 0.6 is 11.8 Å². The normalized spacial score (nSPS) is 32.7. The molecule has 0 aromatic rings. The molecule has 0 bridgehead atoms. The zero-order valence-corrected chi connectivity index (χ0v) is 14.7. The van der Waals surface area contributed by atoms with Gasteiger partial charge in [0.25, 0.3) is 0 Å². The molecular weight excluding hydrogens is 266 g/mol. The van der Waals surface area contributed by atoms with Crippen LogP contribution in [0, 0.1) is 11.3 Å². The first-order valence-corrected chi connectivity index (χ1v) is 9.56. The lowest BCUT2D eigenvalue weighted by molar-refractivity contribution is -0.0813. The summed E-state index contributed by atoms with van der Waals surface area (Å²) in [7, 11) is 0. The zero-order chi connectivity index (χ0) is 14.6. The fourth-order valence-electron chi connectivity index (χ4n) is 3.73. The van der Waals surface area contributed by atoms with E-state index in [0.717, 1.165) is 19.1 Å².